The van der Waals surface area contributed by atoms with Crippen molar-refractivity contribution in [3.05, 3.63) is 5.82 Å². The average molecular weight is 293 g/mol. The number of hydrogen-bond donors (Lipinski definition) is 2. The Morgan fingerprint density at radius 2 is 2.15 bits per heavy atom. The van der Waals surface area contributed by atoms with Crippen molar-refractivity contribution >= 4 is 17.7 Å². The summed E-state index contributed by atoms with van der Waals surface area (Å²) in [5.74, 6) is 4.06. The van der Waals surface area contributed by atoms with Gasteiger partial charge in [-0.1, -0.05) is 6.42 Å². The molecule has 0 spiro atoms. The van der Waals surface area contributed by atoms with E-state index in [0.717, 1.165) is 30.8 Å². The largest absolute Gasteiger partial charge is 0.338 e. The van der Waals surface area contributed by atoms with Crippen LogP contribution >= 0.6 is 11.8 Å². The molecule has 4 rings (SSSR count). The Kier molecular flexibility index (Phi) is 3.60. The van der Waals surface area contributed by atoms with Crippen LogP contribution in [0.15, 0.2) is 0 Å². The minimum absolute atomic E-state index is 0.535. The van der Waals surface area contributed by atoms with Gasteiger partial charge in [-0.25, -0.2) is 0 Å². The van der Waals surface area contributed by atoms with E-state index in [1.807, 2.05) is 11.8 Å². The lowest BCUT2D eigenvalue weighted by atomic mass is 9.94. The molecular formula is C14H23N5S. The second-order valence-electron chi connectivity index (χ2n) is 6.24. The van der Waals surface area contributed by atoms with Gasteiger partial charge in [-0.3, -0.25) is 5.10 Å². The lowest BCUT2D eigenvalue weighted by Gasteiger charge is -2.24. The van der Waals surface area contributed by atoms with E-state index in [2.05, 4.69) is 20.4 Å². The number of fused-ring (bicyclic) bond motifs is 1. The van der Waals surface area contributed by atoms with Gasteiger partial charge in [-0.15, -0.1) is 5.10 Å². The molecule has 6 heteroatoms. The predicted molar refractivity (Wildman–Crippen MR) is 82.2 cm³/mol. The van der Waals surface area contributed by atoms with E-state index in [9.17, 15) is 0 Å². The van der Waals surface area contributed by atoms with Gasteiger partial charge in [-0.2, -0.15) is 16.7 Å². The van der Waals surface area contributed by atoms with Crippen LogP contribution in [0, 0.1) is 5.92 Å². The molecule has 1 aromatic rings. The molecule has 3 aliphatic heterocycles. The zero-order valence-corrected chi connectivity index (χ0v) is 12.7. The third-order valence-electron chi connectivity index (χ3n) is 4.86. The number of anilines is 1. The molecule has 20 heavy (non-hydrogen) atoms. The molecule has 0 amide bonds. The highest BCUT2D eigenvalue weighted by Crippen LogP contribution is 2.37. The van der Waals surface area contributed by atoms with Crippen molar-refractivity contribution in [3.8, 4) is 0 Å². The van der Waals surface area contributed by atoms with Crippen molar-refractivity contribution in [3.63, 3.8) is 0 Å². The summed E-state index contributed by atoms with van der Waals surface area (Å²) in [4.78, 5) is 7.15. The topological polar surface area (TPSA) is 56.8 Å². The first kappa shape index (κ1) is 13.0. The quantitative estimate of drug-likeness (QED) is 0.873. The Morgan fingerprint density at radius 3 is 3.00 bits per heavy atom. The van der Waals surface area contributed by atoms with Gasteiger partial charge in [0, 0.05) is 19.1 Å². The molecule has 3 fully saturated rings. The summed E-state index contributed by atoms with van der Waals surface area (Å²) in [6, 6.07) is 0.648. The van der Waals surface area contributed by atoms with Crippen LogP contribution in [0.1, 0.15) is 43.2 Å². The first-order valence-corrected chi connectivity index (χ1v) is 8.97. The Balaban J connectivity index is 1.45. The highest BCUT2D eigenvalue weighted by atomic mass is 32.2. The van der Waals surface area contributed by atoms with E-state index in [1.165, 1.54) is 44.4 Å². The minimum Gasteiger partial charge on any atom is -0.338 e. The lowest BCUT2D eigenvalue weighted by Crippen LogP contribution is -2.40. The molecule has 3 aliphatic rings. The maximum Gasteiger partial charge on any atom is 0.244 e. The van der Waals surface area contributed by atoms with Gasteiger partial charge < -0.3 is 10.2 Å². The SMILES string of the molecule is C1CCC(c2nc(N3CC4CCCNC4C3)n[nH]2)SC1. The molecule has 3 saturated heterocycles. The van der Waals surface area contributed by atoms with Crippen LogP contribution in [-0.4, -0.2) is 46.6 Å². The molecule has 4 heterocycles. The molecule has 110 valence electrons. The zero-order chi connectivity index (χ0) is 13.4. The van der Waals surface area contributed by atoms with Crippen LogP contribution < -0.4 is 10.2 Å². The summed E-state index contributed by atoms with van der Waals surface area (Å²) in [7, 11) is 0. The maximum absolute atomic E-state index is 4.78. The summed E-state index contributed by atoms with van der Waals surface area (Å²) >= 11 is 2.03. The highest BCUT2D eigenvalue weighted by Gasteiger charge is 2.36. The lowest BCUT2D eigenvalue weighted by molar-refractivity contribution is 0.340. The van der Waals surface area contributed by atoms with Crippen molar-refractivity contribution < 1.29 is 0 Å². The molecule has 0 bridgehead atoms. The molecule has 3 atom stereocenters. The smallest absolute Gasteiger partial charge is 0.244 e. The monoisotopic (exact) mass is 293 g/mol. The number of hydrogen-bond acceptors (Lipinski definition) is 5. The first-order chi connectivity index (χ1) is 9.90. The van der Waals surface area contributed by atoms with Gasteiger partial charge in [-0.05, 0) is 43.9 Å². The van der Waals surface area contributed by atoms with Crippen LogP contribution in [0.5, 0.6) is 0 Å². The summed E-state index contributed by atoms with van der Waals surface area (Å²) in [5.41, 5.74) is 0. The van der Waals surface area contributed by atoms with Gasteiger partial charge >= 0.3 is 0 Å². The average Bonchev–Trinajstić information content (AvgIpc) is 3.14. The van der Waals surface area contributed by atoms with Gasteiger partial charge in [0.25, 0.3) is 0 Å². The normalized spacial score (nSPS) is 34.2. The summed E-state index contributed by atoms with van der Waals surface area (Å²) in [6.07, 6.45) is 6.58. The molecular weight excluding hydrogens is 270 g/mol. The van der Waals surface area contributed by atoms with Crippen LogP contribution in [0.25, 0.3) is 0 Å². The molecule has 0 radical (unpaired) electrons. The summed E-state index contributed by atoms with van der Waals surface area (Å²) < 4.78 is 0. The molecule has 0 saturated carbocycles. The number of rotatable bonds is 2. The molecule has 3 unspecified atom stereocenters. The van der Waals surface area contributed by atoms with Crippen molar-refractivity contribution in [1.82, 2.24) is 20.5 Å². The number of aromatic amines is 1. The fourth-order valence-corrected chi connectivity index (χ4v) is 4.97. The van der Waals surface area contributed by atoms with Crippen LogP contribution in [-0.2, 0) is 0 Å². The standard InChI is InChI=1S/C14H23N5S/c1-2-7-20-12(5-1)13-16-14(18-17-13)19-8-10-4-3-6-15-11(10)9-19/h10-12,15H,1-9H2,(H,16,17,18). The van der Waals surface area contributed by atoms with Crippen LogP contribution in [0.4, 0.5) is 5.95 Å². The fourth-order valence-electron chi connectivity index (χ4n) is 3.72. The molecule has 0 aromatic carbocycles. The Labute approximate surface area is 124 Å². The zero-order valence-electron chi connectivity index (χ0n) is 11.8. The second-order valence-corrected chi connectivity index (χ2v) is 7.55. The summed E-state index contributed by atoms with van der Waals surface area (Å²) in [5, 5.41) is 11.8. The van der Waals surface area contributed by atoms with Crippen molar-refractivity contribution in [2.75, 3.05) is 30.3 Å². The van der Waals surface area contributed by atoms with E-state index in [-0.39, 0.29) is 0 Å². The highest BCUT2D eigenvalue weighted by molar-refractivity contribution is 7.99. The van der Waals surface area contributed by atoms with Crippen molar-refractivity contribution in [2.24, 2.45) is 5.92 Å². The number of nitrogens with one attached hydrogen (secondary N) is 2. The van der Waals surface area contributed by atoms with Crippen LogP contribution in [0.2, 0.25) is 0 Å². The third kappa shape index (κ3) is 2.44. The van der Waals surface area contributed by atoms with E-state index in [1.54, 1.807) is 0 Å². The molecule has 0 aliphatic carbocycles. The van der Waals surface area contributed by atoms with Gasteiger partial charge in [0.05, 0.1) is 5.25 Å². The number of thioether (sulfide) groups is 1. The van der Waals surface area contributed by atoms with E-state index in [4.69, 9.17) is 4.98 Å². The van der Waals surface area contributed by atoms with E-state index < -0.39 is 0 Å². The number of piperidine rings is 1. The van der Waals surface area contributed by atoms with Gasteiger partial charge in [0.1, 0.15) is 5.82 Å². The summed E-state index contributed by atoms with van der Waals surface area (Å²) in [6.45, 7) is 3.36. The molecule has 5 nitrogen and oxygen atoms in total. The molecule has 1 aromatic heterocycles. The predicted octanol–water partition coefficient (Wildman–Crippen LogP) is 1.95. The number of H-pyrrole nitrogens is 1. The van der Waals surface area contributed by atoms with Gasteiger partial charge in [0.2, 0.25) is 5.95 Å². The Hall–Kier alpha value is -0.750. The first-order valence-electron chi connectivity index (χ1n) is 7.92. The molecule has 2 N–H and O–H groups in total. The maximum atomic E-state index is 4.78. The van der Waals surface area contributed by atoms with Crippen LogP contribution in [0.3, 0.4) is 0 Å². The third-order valence-corrected chi connectivity index (χ3v) is 6.24. The Bertz CT molecular complexity index is 442. The minimum atomic E-state index is 0.535. The Morgan fingerprint density at radius 1 is 1.15 bits per heavy atom. The van der Waals surface area contributed by atoms with E-state index >= 15 is 0 Å². The van der Waals surface area contributed by atoms with Crippen molar-refractivity contribution in [2.45, 2.75) is 43.4 Å². The van der Waals surface area contributed by atoms with Crippen molar-refractivity contribution in [1.29, 1.82) is 0 Å². The van der Waals surface area contributed by atoms with E-state index in [0.29, 0.717) is 11.3 Å². The fraction of sp³-hybridized carbons (Fsp3) is 0.857. The number of aromatic nitrogens is 3. The second kappa shape index (κ2) is 5.56. The van der Waals surface area contributed by atoms with Gasteiger partial charge in [0.15, 0.2) is 0 Å². The number of nitrogens with zero attached hydrogens (tertiary/aromatic N) is 3.